The van der Waals surface area contributed by atoms with Crippen molar-refractivity contribution in [3.8, 4) is 5.75 Å². The van der Waals surface area contributed by atoms with Crippen molar-refractivity contribution in [2.75, 3.05) is 12.0 Å². The number of aliphatic hydroxyl groups excluding tert-OH is 1. The van der Waals surface area contributed by atoms with E-state index in [1.54, 1.807) is 24.3 Å². The normalized spacial score (nSPS) is 17.6. The lowest BCUT2D eigenvalue weighted by molar-refractivity contribution is -0.132. The molecule has 5 nitrogen and oxygen atoms in total. The Kier molecular flexibility index (Phi) is 5.96. The molecule has 32 heavy (non-hydrogen) atoms. The Hall–Kier alpha value is -3.28. The molecule has 4 rings (SSSR count). The Morgan fingerprint density at radius 2 is 1.62 bits per heavy atom. The molecule has 0 saturated carbocycles. The van der Waals surface area contributed by atoms with Crippen molar-refractivity contribution in [2.45, 2.75) is 13.0 Å². The first-order valence-electron chi connectivity index (χ1n) is 9.79. The molecule has 0 bridgehead atoms. The molecule has 7 heteroatoms. The van der Waals surface area contributed by atoms with E-state index in [1.807, 2.05) is 37.3 Å². The van der Waals surface area contributed by atoms with E-state index in [4.69, 9.17) is 27.9 Å². The monoisotopic (exact) mass is 467 g/mol. The molecule has 3 aromatic rings. The first-order chi connectivity index (χ1) is 15.3. The summed E-state index contributed by atoms with van der Waals surface area (Å²) in [7, 11) is 1.43. The van der Waals surface area contributed by atoms with Crippen LogP contribution in [0.1, 0.15) is 22.7 Å². The van der Waals surface area contributed by atoms with E-state index in [1.165, 1.54) is 24.1 Å². The summed E-state index contributed by atoms with van der Waals surface area (Å²) in [4.78, 5) is 27.7. The number of methoxy groups -OCH3 is 1. The van der Waals surface area contributed by atoms with Gasteiger partial charge in [-0.05, 0) is 36.8 Å². The Morgan fingerprint density at radius 3 is 2.22 bits per heavy atom. The standard InChI is InChI=1S/C25H19Cl2NO4/c1-14-7-6-8-15(11-14)21-20(22(29)16-12-18(26)24(32-2)19(27)13-16)23(30)25(31)28(21)17-9-4-3-5-10-17/h3-13,21,29H,1-2H3/b22-20+. The second-order valence-electron chi connectivity index (χ2n) is 7.39. The third-order valence-electron chi connectivity index (χ3n) is 5.31. The van der Waals surface area contributed by atoms with Crippen LogP contribution < -0.4 is 9.64 Å². The summed E-state index contributed by atoms with van der Waals surface area (Å²) in [5.41, 5.74) is 2.37. The van der Waals surface area contributed by atoms with Crippen molar-refractivity contribution in [1.29, 1.82) is 0 Å². The van der Waals surface area contributed by atoms with E-state index in [2.05, 4.69) is 0 Å². The van der Waals surface area contributed by atoms with Gasteiger partial charge in [0.15, 0.2) is 5.75 Å². The molecule has 1 atom stereocenters. The van der Waals surface area contributed by atoms with Crippen LogP contribution in [0.2, 0.25) is 10.0 Å². The largest absolute Gasteiger partial charge is 0.507 e. The van der Waals surface area contributed by atoms with Gasteiger partial charge in [0.05, 0.1) is 28.8 Å². The SMILES string of the molecule is COc1c(Cl)cc(/C(O)=C2\C(=O)C(=O)N(c3ccccc3)C2c2cccc(C)c2)cc1Cl. The van der Waals surface area contributed by atoms with Gasteiger partial charge in [-0.25, -0.2) is 0 Å². The molecule has 1 unspecified atom stereocenters. The average Bonchev–Trinajstić information content (AvgIpc) is 3.04. The van der Waals surface area contributed by atoms with Crippen molar-refractivity contribution in [2.24, 2.45) is 0 Å². The van der Waals surface area contributed by atoms with Gasteiger partial charge in [-0.2, -0.15) is 0 Å². The quantitative estimate of drug-likeness (QED) is 0.293. The summed E-state index contributed by atoms with van der Waals surface area (Å²) in [6.45, 7) is 1.92. The number of ether oxygens (including phenoxy) is 1. The summed E-state index contributed by atoms with van der Waals surface area (Å²) in [6, 6.07) is 18.4. The molecule has 1 saturated heterocycles. The minimum absolute atomic E-state index is 0.0400. The summed E-state index contributed by atoms with van der Waals surface area (Å²) in [5.74, 6) is -1.62. The molecule has 1 amide bonds. The van der Waals surface area contributed by atoms with Gasteiger partial charge in [0.2, 0.25) is 0 Å². The zero-order chi connectivity index (χ0) is 23.0. The van der Waals surface area contributed by atoms with Crippen LogP contribution in [0.25, 0.3) is 5.76 Å². The summed E-state index contributed by atoms with van der Waals surface area (Å²) < 4.78 is 5.16. The molecule has 1 aliphatic rings. The fraction of sp³-hybridized carbons (Fsp3) is 0.120. The van der Waals surface area contributed by atoms with Gasteiger partial charge in [-0.15, -0.1) is 0 Å². The van der Waals surface area contributed by atoms with Crippen LogP contribution in [0.15, 0.2) is 72.3 Å². The van der Waals surface area contributed by atoms with E-state index in [9.17, 15) is 14.7 Å². The maximum Gasteiger partial charge on any atom is 0.300 e. The lowest BCUT2D eigenvalue weighted by Crippen LogP contribution is -2.29. The number of benzene rings is 3. The molecule has 1 N–H and O–H groups in total. The van der Waals surface area contributed by atoms with Gasteiger partial charge in [0.25, 0.3) is 11.7 Å². The fourth-order valence-corrected chi connectivity index (χ4v) is 4.53. The van der Waals surface area contributed by atoms with E-state index >= 15 is 0 Å². The molecular formula is C25H19Cl2NO4. The molecule has 0 aromatic heterocycles. The molecule has 0 spiro atoms. The molecule has 0 aliphatic carbocycles. The highest BCUT2D eigenvalue weighted by molar-refractivity contribution is 6.51. The molecular weight excluding hydrogens is 449 g/mol. The fourth-order valence-electron chi connectivity index (χ4n) is 3.89. The van der Waals surface area contributed by atoms with Crippen molar-refractivity contribution >= 4 is 46.3 Å². The number of rotatable bonds is 4. The van der Waals surface area contributed by atoms with Crippen LogP contribution in [0.4, 0.5) is 5.69 Å². The lowest BCUT2D eigenvalue weighted by atomic mass is 9.94. The number of aryl methyl sites for hydroxylation is 1. The van der Waals surface area contributed by atoms with Crippen LogP contribution in [-0.4, -0.2) is 23.9 Å². The predicted molar refractivity (Wildman–Crippen MR) is 125 cm³/mol. The van der Waals surface area contributed by atoms with Gasteiger partial charge in [-0.3, -0.25) is 14.5 Å². The molecule has 162 valence electrons. The highest BCUT2D eigenvalue weighted by Crippen LogP contribution is 2.43. The first-order valence-corrected chi connectivity index (χ1v) is 10.5. The zero-order valence-electron chi connectivity index (χ0n) is 17.3. The van der Waals surface area contributed by atoms with Crippen molar-refractivity contribution in [3.63, 3.8) is 0 Å². The van der Waals surface area contributed by atoms with Crippen molar-refractivity contribution in [1.82, 2.24) is 0 Å². The molecule has 1 heterocycles. The number of aliphatic hydroxyl groups is 1. The lowest BCUT2D eigenvalue weighted by Gasteiger charge is -2.25. The van der Waals surface area contributed by atoms with E-state index in [0.29, 0.717) is 11.3 Å². The third-order valence-corrected chi connectivity index (χ3v) is 5.87. The number of hydrogen-bond donors (Lipinski definition) is 1. The Labute approximate surface area is 195 Å². The highest BCUT2D eigenvalue weighted by atomic mass is 35.5. The van der Waals surface area contributed by atoms with Crippen molar-refractivity contribution < 1.29 is 19.4 Å². The number of carbonyl (C=O) groups excluding carboxylic acids is 2. The molecule has 1 aliphatic heterocycles. The maximum atomic E-state index is 13.2. The van der Waals surface area contributed by atoms with Crippen LogP contribution in [0.5, 0.6) is 5.75 Å². The van der Waals surface area contributed by atoms with Crippen LogP contribution in [-0.2, 0) is 9.59 Å². The van der Waals surface area contributed by atoms with Gasteiger partial charge >= 0.3 is 0 Å². The number of hydrogen-bond acceptors (Lipinski definition) is 4. The number of ketones is 1. The second kappa shape index (κ2) is 8.69. The number of nitrogens with zero attached hydrogens (tertiary/aromatic N) is 1. The summed E-state index contributed by atoms with van der Waals surface area (Å²) >= 11 is 12.5. The van der Waals surface area contributed by atoms with Crippen molar-refractivity contribution in [3.05, 3.63) is 99.0 Å². The number of halogens is 2. The second-order valence-corrected chi connectivity index (χ2v) is 8.21. The summed E-state index contributed by atoms with van der Waals surface area (Å²) in [6.07, 6.45) is 0. The van der Waals surface area contributed by atoms with E-state index in [0.717, 1.165) is 5.56 Å². The third kappa shape index (κ3) is 3.74. The van der Waals surface area contributed by atoms with Gasteiger partial charge < -0.3 is 9.84 Å². The highest BCUT2D eigenvalue weighted by Gasteiger charge is 2.47. The first kappa shape index (κ1) is 21.9. The van der Waals surface area contributed by atoms with Gasteiger partial charge in [0.1, 0.15) is 5.76 Å². The molecule has 0 radical (unpaired) electrons. The maximum absolute atomic E-state index is 13.2. The average molecular weight is 468 g/mol. The van der Waals surface area contributed by atoms with Gasteiger partial charge in [0, 0.05) is 11.3 Å². The van der Waals surface area contributed by atoms with E-state index in [-0.39, 0.29) is 32.7 Å². The number of Topliss-reactive ketones (excluding diaryl/α,β-unsaturated/α-hetero) is 1. The van der Waals surface area contributed by atoms with Crippen LogP contribution in [0.3, 0.4) is 0 Å². The van der Waals surface area contributed by atoms with E-state index < -0.39 is 17.7 Å². The minimum Gasteiger partial charge on any atom is -0.507 e. The molecule has 3 aromatic carbocycles. The topological polar surface area (TPSA) is 66.8 Å². The number of anilines is 1. The van der Waals surface area contributed by atoms with Gasteiger partial charge in [-0.1, -0.05) is 71.2 Å². The predicted octanol–water partition coefficient (Wildman–Crippen LogP) is 5.94. The molecule has 1 fully saturated rings. The zero-order valence-corrected chi connectivity index (χ0v) is 18.8. The summed E-state index contributed by atoms with van der Waals surface area (Å²) in [5, 5.41) is 11.6. The number of carbonyl (C=O) groups is 2. The van der Waals surface area contributed by atoms with Crippen LogP contribution in [0, 0.1) is 6.92 Å². The Balaban J connectivity index is 1.97. The Morgan fingerprint density at radius 1 is 0.969 bits per heavy atom. The Bertz CT molecular complexity index is 1230. The van der Waals surface area contributed by atoms with Crippen LogP contribution >= 0.6 is 23.2 Å². The smallest absolute Gasteiger partial charge is 0.300 e. The minimum atomic E-state index is -0.822. The number of amides is 1. The number of para-hydroxylation sites is 1.